The van der Waals surface area contributed by atoms with Gasteiger partial charge in [-0.25, -0.2) is 4.98 Å². The van der Waals surface area contributed by atoms with Crippen LogP contribution in [0, 0.1) is 0 Å². The fourth-order valence-electron chi connectivity index (χ4n) is 3.92. The number of aromatic nitrogens is 2. The topological polar surface area (TPSA) is 78.5 Å². The Morgan fingerprint density at radius 2 is 1.84 bits per heavy atom. The third kappa shape index (κ3) is 3.68. The number of para-hydroxylation sites is 1. The number of nitrogens with one attached hydrogen (secondary N) is 1. The van der Waals surface area contributed by atoms with Gasteiger partial charge in [-0.15, -0.1) is 0 Å². The molecular weight excluding hydrogens is 402 g/mol. The van der Waals surface area contributed by atoms with Crippen LogP contribution in [0.1, 0.15) is 35.7 Å². The highest BCUT2D eigenvalue weighted by molar-refractivity contribution is 6.00. The molecule has 0 aliphatic heterocycles. The van der Waals surface area contributed by atoms with E-state index >= 15 is 0 Å². The quantitative estimate of drug-likeness (QED) is 0.443. The number of methoxy groups -OCH3 is 1. The van der Waals surface area contributed by atoms with E-state index in [0.717, 1.165) is 44.6 Å². The Morgan fingerprint density at radius 1 is 1.09 bits per heavy atom. The molecule has 0 saturated carbocycles. The maximum Gasteiger partial charge on any atom is 0.257 e. The van der Waals surface area contributed by atoms with Gasteiger partial charge in [0.25, 0.3) is 5.91 Å². The summed E-state index contributed by atoms with van der Waals surface area (Å²) in [5, 5.41) is 11.7. The van der Waals surface area contributed by atoms with Crippen LogP contribution in [-0.2, 0) is 0 Å². The molecule has 0 aliphatic rings. The van der Waals surface area contributed by atoms with Crippen LogP contribution in [0.5, 0.6) is 11.5 Å². The van der Waals surface area contributed by atoms with Gasteiger partial charge in [-0.2, -0.15) is 0 Å². The molecule has 0 fully saturated rings. The average Bonchev–Trinajstić information content (AvgIpc) is 3.21. The molecule has 0 radical (unpaired) electrons. The van der Waals surface area contributed by atoms with Crippen molar-refractivity contribution in [1.29, 1.82) is 0 Å². The minimum Gasteiger partial charge on any atom is -0.507 e. The zero-order chi connectivity index (χ0) is 23.0. The zero-order valence-corrected chi connectivity index (χ0v) is 18.9. The largest absolute Gasteiger partial charge is 0.507 e. The van der Waals surface area contributed by atoms with E-state index in [4.69, 9.17) is 4.74 Å². The Kier molecular flexibility index (Phi) is 5.61. The number of pyridine rings is 1. The van der Waals surface area contributed by atoms with E-state index in [9.17, 15) is 9.90 Å². The van der Waals surface area contributed by atoms with Crippen LogP contribution >= 0.6 is 0 Å². The Labute approximate surface area is 187 Å². The van der Waals surface area contributed by atoms with E-state index in [1.54, 1.807) is 33.5 Å². The molecular formula is C26H27N3O3. The van der Waals surface area contributed by atoms with Gasteiger partial charge in [0, 0.05) is 48.6 Å². The number of benzene rings is 2. The summed E-state index contributed by atoms with van der Waals surface area (Å²) in [6.45, 7) is 3.99. The molecule has 4 aromatic rings. The molecule has 2 aromatic carbocycles. The molecule has 0 saturated heterocycles. The number of carbonyl (C=O) groups excluding carboxylic acids is 1. The first-order chi connectivity index (χ1) is 15.3. The van der Waals surface area contributed by atoms with Gasteiger partial charge in [-0.3, -0.25) is 4.79 Å². The second kappa shape index (κ2) is 8.38. The molecule has 1 amide bonds. The number of hydrogen-bond acceptors (Lipinski definition) is 4. The van der Waals surface area contributed by atoms with E-state index in [2.05, 4.69) is 16.0 Å². The fourth-order valence-corrected chi connectivity index (χ4v) is 3.92. The predicted octanol–water partition coefficient (Wildman–Crippen LogP) is 5.44. The average molecular weight is 430 g/mol. The van der Waals surface area contributed by atoms with Crippen molar-refractivity contribution in [2.45, 2.75) is 19.8 Å². The lowest BCUT2D eigenvalue weighted by atomic mass is 9.92. The van der Waals surface area contributed by atoms with E-state index in [1.165, 1.54) is 4.90 Å². The van der Waals surface area contributed by atoms with Crippen molar-refractivity contribution in [2.75, 3.05) is 21.2 Å². The van der Waals surface area contributed by atoms with Crippen molar-refractivity contribution in [3.63, 3.8) is 0 Å². The highest BCUT2D eigenvalue weighted by Gasteiger charge is 2.21. The number of phenolic OH excluding ortho intramolecular Hbond substituents is 1. The van der Waals surface area contributed by atoms with Gasteiger partial charge in [0.15, 0.2) is 0 Å². The number of nitrogens with zero attached hydrogens (tertiary/aromatic N) is 2. The lowest BCUT2D eigenvalue weighted by molar-refractivity contribution is 0.0824. The Balaban J connectivity index is 1.92. The first-order valence-electron chi connectivity index (χ1n) is 10.5. The lowest BCUT2D eigenvalue weighted by Crippen LogP contribution is -2.22. The van der Waals surface area contributed by atoms with E-state index in [0.29, 0.717) is 0 Å². The molecule has 0 unspecified atom stereocenters. The highest BCUT2D eigenvalue weighted by atomic mass is 16.5. The van der Waals surface area contributed by atoms with Crippen LogP contribution in [0.2, 0.25) is 0 Å². The summed E-state index contributed by atoms with van der Waals surface area (Å²) in [5.74, 6) is 0.630. The maximum atomic E-state index is 12.7. The normalized spacial score (nSPS) is 11.2. The van der Waals surface area contributed by atoms with Gasteiger partial charge in [0.1, 0.15) is 17.1 Å². The monoisotopic (exact) mass is 429 g/mol. The molecule has 2 N–H and O–H groups in total. The molecule has 164 valence electrons. The van der Waals surface area contributed by atoms with Gasteiger partial charge < -0.3 is 19.7 Å². The highest BCUT2D eigenvalue weighted by Crippen LogP contribution is 2.38. The van der Waals surface area contributed by atoms with Crippen LogP contribution in [0.25, 0.3) is 33.3 Å². The van der Waals surface area contributed by atoms with Crippen molar-refractivity contribution in [3.8, 4) is 33.8 Å². The molecule has 6 nitrogen and oxygen atoms in total. The standard InChI is InChI=1S/C26H27N3O3/c1-15(2)19-10-16(11-21(24(19)30)26(31)29(3)4)17-12-20-22(14-28-25(20)27-13-17)18-8-6-7-9-23(18)32-5/h6-15,30H,1-5H3,(H,27,28). The van der Waals surface area contributed by atoms with Crippen molar-refractivity contribution >= 4 is 16.9 Å². The minimum absolute atomic E-state index is 0.0350. The third-order valence-electron chi connectivity index (χ3n) is 5.66. The van der Waals surface area contributed by atoms with Crippen LogP contribution in [0.15, 0.2) is 54.9 Å². The number of phenols is 1. The third-order valence-corrected chi connectivity index (χ3v) is 5.66. The second-order valence-electron chi connectivity index (χ2n) is 8.34. The molecule has 0 bridgehead atoms. The van der Waals surface area contributed by atoms with E-state index in [1.807, 2.05) is 50.4 Å². The van der Waals surface area contributed by atoms with Crippen LogP contribution in [0.4, 0.5) is 0 Å². The summed E-state index contributed by atoms with van der Waals surface area (Å²) >= 11 is 0. The minimum atomic E-state index is -0.239. The number of fused-ring (bicyclic) bond motifs is 1. The number of H-pyrrole nitrogens is 1. The zero-order valence-electron chi connectivity index (χ0n) is 18.9. The van der Waals surface area contributed by atoms with Crippen LogP contribution in [-0.4, -0.2) is 47.1 Å². The molecule has 32 heavy (non-hydrogen) atoms. The van der Waals surface area contributed by atoms with Gasteiger partial charge >= 0.3 is 0 Å². The van der Waals surface area contributed by atoms with E-state index in [-0.39, 0.29) is 23.1 Å². The number of ether oxygens (including phenoxy) is 1. The molecule has 4 rings (SSSR count). The number of carbonyl (C=O) groups is 1. The SMILES string of the molecule is COc1ccccc1-c1c[nH]c2ncc(-c3cc(C(=O)N(C)C)c(O)c(C(C)C)c3)cc12. The van der Waals surface area contributed by atoms with Gasteiger partial charge in [-0.05, 0) is 41.3 Å². The first-order valence-corrected chi connectivity index (χ1v) is 10.5. The van der Waals surface area contributed by atoms with Crippen LogP contribution < -0.4 is 4.74 Å². The number of aromatic hydroxyl groups is 1. The number of amides is 1. The molecule has 2 heterocycles. The summed E-state index contributed by atoms with van der Waals surface area (Å²) in [4.78, 5) is 22.0. The summed E-state index contributed by atoms with van der Waals surface area (Å²) in [7, 11) is 5.01. The van der Waals surface area contributed by atoms with Crippen LogP contribution in [0.3, 0.4) is 0 Å². The number of rotatable bonds is 5. The smallest absolute Gasteiger partial charge is 0.257 e. The maximum absolute atomic E-state index is 12.7. The van der Waals surface area contributed by atoms with Crippen molar-refractivity contribution in [3.05, 3.63) is 66.0 Å². The Hall–Kier alpha value is -3.80. The Morgan fingerprint density at radius 3 is 2.53 bits per heavy atom. The van der Waals surface area contributed by atoms with Crippen molar-refractivity contribution in [2.24, 2.45) is 0 Å². The van der Waals surface area contributed by atoms with Gasteiger partial charge in [0.2, 0.25) is 0 Å². The van der Waals surface area contributed by atoms with E-state index < -0.39 is 0 Å². The number of hydrogen-bond donors (Lipinski definition) is 2. The van der Waals surface area contributed by atoms with Gasteiger partial charge in [0.05, 0.1) is 12.7 Å². The summed E-state index contributed by atoms with van der Waals surface area (Å²) in [6, 6.07) is 13.6. The Bertz CT molecular complexity index is 1310. The summed E-state index contributed by atoms with van der Waals surface area (Å²) in [6.07, 6.45) is 3.71. The molecule has 2 aromatic heterocycles. The number of aromatic amines is 1. The molecule has 6 heteroatoms. The summed E-state index contributed by atoms with van der Waals surface area (Å²) in [5.41, 5.74) is 5.43. The van der Waals surface area contributed by atoms with Crippen molar-refractivity contribution in [1.82, 2.24) is 14.9 Å². The predicted molar refractivity (Wildman–Crippen MR) is 127 cm³/mol. The molecule has 0 atom stereocenters. The van der Waals surface area contributed by atoms with Gasteiger partial charge in [-0.1, -0.05) is 32.0 Å². The fraction of sp³-hybridized carbons (Fsp3) is 0.231. The lowest BCUT2D eigenvalue weighted by Gasteiger charge is -2.18. The molecule has 0 spiro atoms. The molecule has 0 aliphatic carbocycles. The summed E-state index contributed by atoms with van der Waals surface area (Å²) < 4.78 is 5.55. The first kappa shape index (κ1) is 21.4. The van der Waals surface area contributed by atoms with Crippen molar-refractivity contribution < 1.29 is 14.6 Å². The second-order valence-corrected chi connectivity index (χ2v) is 8.34.